The maximum atomic E-state index is 13.5. The molecule has 0 saturated carbocycles. The lowest BCUT2D eigenvalue weighted by atomic mass is 9.99. The van der Waals surface area contributed by atoms with Crippen LogP contribution in [-0.2, 0) is 0 Å². The SMILES string of the molecule is CC(/C=C(\C)S)=C(CF)\C1=C\C=C\CCCCCCC=C1. The van der Waals surface area contributed by atoms with Crippen molar-refractivity contribution in [1.82, 2.24) is 0 Å². The molecule has 0 aromatic rings. The van der Waals surface area contributed by atoms with Crippen LogP contribution in [0.25, 0.3) is 0 Å². The van der Waals surface area contributed by atoms with Gasteiger partial charge in [-0.1, -0.05) is 43.2 Å². The molecule has 0 nitrogen and oxygen atoms in total. The second-order valence-electron chi connectivity index (χ2n) is 5.53. The summed E-state index contributed by atoms with van der Waals surface area (Å²) in [6.45, 7) is 3.41. The summed E-state index contributed by atoms with van der Waals surface area (Å²) in [7, 11) is 0. The maximum absolute atomic E-state index is 13.5. The van der Waals surface area contributed by atoms with Gasteiger partial charge in [-0.3, -0.25) is 0 Å². The lowest BCUT2D eigenvalue weighted by Gasteiger charge is -2.08. The Bertz CT molecular complexity index is 460. The van der Waals surface area contributed by atoms with E-state index in [1.807, 2.05) is 26.0 Å². The Morgan fingerprint density at radius 1 is 1.14 bits per heavy atom. The average molecular weight is 306 g/mol. The van der Waals surface area contributed by atoms with Crippen molar-refractivity contribution in [2.75, 3.05) is 6.67 Å². The first-order valence-corrected chi connectivity index (χ1v) is 8.26. The van der Waals surface area contributed by atoms with Crippen molar-refractivity contribution in [3.8, 4) is 0 Å². The van der Waals surface area contributed by atoms with Gasteiger partial charge in [-0.15, -0.1) is 12.6 Å². The molecule has 0 aliphatic heterocycles. The Balaban J connectivity index is 3.07. The number of hydrogen-bond donors (Lipinski definition) is 1. The number of hydrogen-bond acceptors (Lipinski definition) is 1. The van der Waals surface area contributed by atoms with Gasteiger partial charge in [-0.05, 0) is 67.2 Å². The van der Waals surface area contributed by atoms with Crippen LogP contribution in [0.4, 0.5) is 4.39 Å². The van der Waals surface area contributed by atoms with Gasteiger partial charge in [0.1, 0.15) is 6.67 Å². The van der Waals surface area contributed by atoms with Crippen LogP contribution in [0.5, 0.6) is 0 Å². The molecule has 0 aromatic carbocycles. The van der Waals surface area contributed by atoms with E-state index in [4.69, 9.17) is 0 Å². The zero-order valence-electron chi connectivity index (χ0n) is 13.2. The number of rotatable bonds is 3. The summed E-state index contributed by atoms with van der Waals surface area (Å²) in [4.78, 5) is 0.895. The van der Waals surface area contributed by atoms with Crippen LogP contribution in [0, 0.1) is 0 Å². The lowest BCUT2D eigenvalue weighted by Crippen LogP contribution is -1.94. The van der Waals surface area contributed by atoms with Gasteiger partial charge < -0.3 is 0 Å². The van der Waals surface area contributed by atoms with Gasteiger partial charge in [0, 0.05) is 0 Å². The molecule has 0 saturated heterocycles. The zero-order valence-corrected chi connectivity index (χ0v) is 14.1. The van der Waals surface area contributed by atoms with Crippen molar-refractivity contribution in [3.05, 3.63) is 58.1 Å². The third kappa shape index (κ3) is 7.52. The molecule has 0 N–H and O–H groups in total. The molecular formula is C19H27FS. The van der Waals surface area contributed by atoms with Crippen LogP contribution >= 0.6 is 12.6 Å². The van der Waals surface area contributed by atoms with E-state index in [1.54, 1.807) is 0 Å². The molecule has 0 fully saturated rings. The molecule has 0 aromatic heterocycles. The Labute approximate surface area is 134 Å². The quantitative estimate of drug-likeness (QED) is 0.446. The summed E-state index contributed by atoms with van der Waals surface area (Å²) in [5.41, 5.74) is 2.67. The van der Waals surface area contributed by atoms with E-state index < -0.39 is 6.67 Å². The van der Waals surface area contributed by atoms with Crippen molar-refractivity contribution >= 4 is 12.6 Å². The monoisotopic (exact) mass is 306 g/mol. The molecule has 1 aliphatic carbocycles. The predicted molar refractivity (Wildman–Crippen MR) is 95.5 cm³/mol. The van der Waals surface area contributed by atoms with Crippen molar-refractivity contribution in [2.24, 2.45) is 0 Å². The summed E-state index contributed by atoms with van der Waals surface area (Å²) in [5, 5.41) is 0. The van der Waals surface area contributed by atoms with E-state index in [0.29, 0.717) is 0 Å². The van der Waals surface area contributed by atoms with E-state index in [9.17, 15) is 4.39 Å². The third-order valence-corrected chi connectivity index (χ3v) is 3.71. The van der Waals surface area contributed by atoms with Crippen molar-refractivity contribution in [3.63, 3.8) is 0 Å². The summed E-state index contributed by atoms with van der Waals surface area (Å²) in [6.07, 6.45) is 19.6. The Morgan fingerprint density at radius 3 is 2.43 bits per heavy atom. The van der Waals surface area contributed by atoms with Crippen molar-refractivity contribution in [2.45, 2.75) is 52.4 Å². The topological polar surface area (TPSA) is 0 Å². The maximum Gasteiger partial charge on any atom is 0.115 e. The van der Waals surface area contributed by atoms with Crippen LogP contribution in [-0.4, -0.2) is 6.67 Å². The minimum absolute atomic E-state index is 0.451. The summed E-state index contributed by atoms with van der Waals surface area (Å²) in [5.74, 6) is 0. The highest BCUT2D eigenvalue weighted by Crippen LogP contribution is 2.21. The molecule has 1 aliphatic rings. The summed E-state index contributed by atoms with van der Waals surface area (Å²) >= 11 is 4.28. The van der Waals surface area contributed by atoms with Crippen LogP contribution in [0.15, 0.2) is 58.1 Å². The summed E-state index contributed by atoms with van der Waals surface area (Å²) in [6, 6.07) is 0. The lowest BCUT2D eigenvalue weighted by molar-refractivity contribution is 0.545. The number of halogens is 1. The normalized spacial score (nSPS) is 23.4. The van der Waals surface area contributed by atoms with Gasteiger partial charge in [-0.25, -0.2) is 4.39 Å². The molecular weight excluding hydrogens is 279 g/mol. The molecule has 116 valence electrons. The minimum Gasteiger partial charge on any atom is -0.246 e. The Kier molecular flexibility index (Phi) is 9.16. The first-order chi connectivity index (χ1) is 10.1. The van der Waals surface area contributed by atoms with E-state index in [1.165, 1.54) is 25.7 Å². The molecule has 0 atom stereocenters. The van der Waals surface area contributed by atoms with Gasteiger partial charge in [-0.2, -0.15) is 0 Å². The van der Waals surface area contributed by atoms with E-state index in [-0.39, 0.29) is 0 Å². The molecule has 0 bridgehead atoms. The van der Waals surface area contributed by atoms with Gasteiger partial charge in [0.25, 0.3) is 0 Å². The van der Waals surface area contributed by atoms with Gasteiger partial charge in [0.15, 0.2) is 0 Å². The average Bonchev–Trinajstić information content (AvgIpc) is 2.41. The molecule has 2 heteroatoms. The van der Waals surface area contributed by atoms with Crippen LogP contribution in [0.3, 0.4) is 0 Å². The number of thiol groups is 1. The first-order valence-electron chi connectivity index (χ1n) is 7.82. The molecule has 21 heavy (non-hydrogen) atoms. The van der Waals surface area contributed by atoms with E-state index in [0.717, 1.165) is 34.5 Å². The fourth-order valence-electron chi connectivity index (χ4n) is 2.42. The van der Waals surface area contributed by atoms with E-state index >= 15 is 0 Å². The second-order valence-corrected chi connectivity index (χ2v) is 6.23. The zero-order chi connectivity index (χ0) is 15.5. The fourth-order valence-corrected chi connectivity index (χ4v) is 2.62. The van der Waals surface area contributed by atoms with Crippen LogP contribution in [0.1, 0.15) is 52.4 Å². The number of alkyl halides is 1. The van der Waals surface area contributed by atoms with Crippen molar-refractivity contribution < 1.29 is 4.39 Å². The molecule has 0 amide bonds. The standard InChI is InChI=1S/C19H27FS/c1-16(14-17(2)21)19(15-20)18-12-10-8-6-4-3-5-7-9-11-13-18/h8,10-14,21H,3-7,9,15H2,1-2H3/b10-8+,13-11?,17-14+,18-12+,19-16+. The van der Waals surface area contributed by atoms with Gasteiger partial charge >= 0.3 is 0 Å². The highest BCUT2D eigenvalue weighted by Gasteiger charge is 2.05. The first kappa shape index (κ1) is 18.0. The van der Waals surface area contributed by atoms with E-state index in [2.05, 4.69) is 36.9 Å². The minimum atomic E-state index is -0.451. The predicted octanol–water partition coefficient (Wildman–Crippen LogP) is 6.50. The van der Waals surface area contributed by atoms with Gasteiger partial charge in [0.05, 0.1) is 0 Å². The third-order valence-electron chi connectivity index (χ3n) is 3.58. The van der Waals surface area contributed by atoms with Crippen LogP contribution < -0.4 is 0 Å². The molecule has 0 spiro atoms. The fraction of sp³-hybridized carbons (Fsp3) is 0.474. The molecule has 1 rings (SSSR count). The molecule has 0 heterocycles. The number of allylic oxidation sites excluding steroid dienone is 10. The Morgan fingerprint density at radius 2 is 1.81 bits per heavy atom. The largest absolute Gasteiger partial charge is 0.246 e. The molecule has 0 unspecified atom stereocenters. The van der Waals surface area contributed by atoms with Crippen LogP contribution in [0.2, 0.25) is 0 Å². The summed E-state index contributed by atoms with van der Waals surface area (Å²) < 4.78 is 13.5. The van der Waals surface area contributed by atoms with Crippen molar-refractivity contribution in [1.29, 1.82) is 0 Å². The molecule has 0 radical (unpaired) electrons. The Hall–Kier alpha value is -1.02. The smallest absolute Gasteiger partial charge is 0.115 e. The second kappa shape index (κ2) is 10.7. The van der Waals surface area contributed by atoms with Gasteiger partial charge in [0.2, 0.25) is 0 Å². The highest BCUT2D eigenvalue weighted by molar-refractivity contribution is 7.84. The highest BCUT2D eigenvalue weighted by atomic mass is 32.1.